The predicted octanol–water partition coefficient (Wildman–Crippen LogP) is 4.22. The summed E-state index contributed by atoms with van der Waals surface area (Å²) in [6, 6.07) is 7.66. The fraction of sp³-hybridized carbons (Fsp3) is 0.462. The van der Waals surface area contributed by atoms with Crippen LogP contribution in [0.15, 0.2) is 22.7 Å². The lowest BCUT2D eigenvalue weighted by Crippen LogP contribution is -2.24. The van der Waals surface area contributed by atoms with Crippen LogP contribution in [0.2, 0.25) is 5.02 Å². The second kappa shape index (κ2) is 4.97. The standard InChI is InChI=1S/C13H13BrClNO/c14-9-3-4-11(15)10(7-9)12(17)13(8-16)5-1-2-6-13/h3-4,7,12,17H,1-2,5-6H2. The summed E-state index contributed by atoms with van der Waals surface area (Å²) >= 11 is 9.46. The Morgan fingerprint density at radius 1 is 1.41 bits per heavy atom. The molecule has 0 heterocycles. The number of benzene rings is 1. The summed E-state index contributed by atoms with van der Waals surface area (Å²) in [5, 5.41) is 20.3. The van der Waals surface area contributed by atoms with Crippen molar-refractivity contribution in [2.24, 2.45) is 5.41 Å². The summed E-state index contributed by atoms with van der Waals surface area (Å²) < 4.78 is 0.863. The first kappa shape index (κ1) is 12.9. The van der Waals surface area contributed by atoms with E-state index in [4.69, 9.17) is 11.6 Å². The molecule has 1 saturated carbocycles. The zero-order chi connectivity index (χ0) is 12.5. The SMILES string of the molecule is N#CC1(C(O)c2cc(Br)ccc2Cl)CCCC1. The molecule has 2 nitrogen and oxygen atoms in total. The molecule has 0 aliphatic heterocycles. The average molecular weight is 315 g/mol. The fourth-order valence-corrected chi connectivity index (χ4v) is 3.07. The molecule has 1 aliphatic rings. The highest BCUT2D eigenvalue weighted by atomic mass is 79.9. The Labute approximate surface area is 114 Å². The molecule has 0 saturated heterocycles. The van der Waals surface area contributed by atoms with E-state index in [0.717, 1.165) is 30.2 Å². The lowest BCUT2D eigenvalue weighted by molar-refractivity contribution is 0.0671. The zero-order valence-electron chi connectivity index (χ0n) is 9.29. The van der Waals surface area contributed by atoms with Crippen molar-refractivity contribution < 1.29 is 5.11 Å². The second-order valence-corrected chi connectivity index (χ2v) is 5.87. The Bertz CT molecular complexity index is 463. The van der Waals surface area contributed by atoms with Crippen molar-refractivity contribution in [2.75, 3.05) is 0 Å². The lowest BCUT2D eigenvalue weighted by atomic mass is 9.79. The molecule has 1 N–H and O–H groups in total. The topological polar surface area (TPSA) is 44.0 Å². The number of aliphatic hydroxyl groups is 1. The zero-order valence-corrected chi connectivity index (χ0v) is 11.6. The van der Waals surface area contributed by atoms with Crippen molar-refractivity contribution in [3.05, 3.63) is 33.3 Å². The minimum atomic E-state index is -0.806. The quantitative estimate of drug-likeness (QED) is 0.888. The minimum Gasteiger partial charge on any atom is -0.387 e. The molecule has 0 spiro atoms. The summed E-state index contributed by atoms with van der Waals surface area (Å²) in [5.41, 5.74) is -0.0192. The second-order valence-electron chi connectivity index (χ2n) is 4.54. The maximum atomic E-state index is 10.4. The van der Waals surface area contributed by atoms with Crippen LogP contribution in [0.25, 0.3) is 0 Å². The monoisotopic (exact) mass is 313 g/mol. The summed E-state index contributed by atoms with van der Waals surface area (Å²) in [7, 11) is 0. The van der Waals surface area contributed by atoms with E-state index in [9.17, 15) is 10.4 Å². The van der Waals surface area contributed by atoms with Gasteiger partial charge in [0.05, 0.1) is 17.6 Å². The summed E-state index contributed by atoms with van der Waals surface area (Å²) in [6.07, 6.45) is 2.67. The molecule has 0 bridgehead atoms. The van der Waals surface area contributed by atoms with Crippen molar-refractivity contribution in [2.45, 2.75) is 31.8 Å². The van der Waals surface area contributed by atoms with Crippen LogP contribution in [-0.2, 0) is 0 Å². The van der Waals surface area contributed by atoms with E-state index in [1.165, 1.54) is 0 Å². The van der Waals surface area contributed by atoms with Gasteiger partial charge >= 0.3 is 0 Å². The van der Waals surface area contributed by atoms with Gasteiger partial charge in [-0.3, -0.25) is 0 Å². The predicted molar refractivity (Wildman–Crippen MR) is 70.6 cm³/mol. The van der Waals surface area contributed by atoms with Crippen LogP contribution in [0, 0.1) is 16.7 Å². The van der Waals surface area contributed by atoms with Crippen molar-refractivity contribution in [3.8, 4) is 6.07 Å². The van der Waals surface area contributed by atoms with Gasteiger partial charge in [-0.1, -0.05) is 40.4 Å². The molecular formula is C13H13BrClNO. The van der Waals surface area contributed by atoms with E-state index in [1.807, 2.05) is 6.07 Å². The number of aliphatic hydroxyl groups excluding tert-OH is 1. The van der Waals surface area contributed by atoms with Gasteiger partial charge in [0.2, 0.25) is 0 Å². The van der Waals surface area contributed by atoms with E-state index in [1.54, 1.807) is 12.1 Å². The molecule has 0 radical (unpaired) electrons. The lowest BCUT2D eigenvalue weighted by Gasteiger charge is -2.27. The summed E-state index contributed by atoms with van der Waals surface area (Å²) in [4.78, 5) is 0. The van der Waals surface area contributed by atoms with Crippen molar-refractivity contribution in [1.29, 1.82) is 5.26 Å². The number of halogens is 2. The normalized spacial score (nSPS) is 19.9. The van der Waals surface area contributed by atoms with E-state index >= 15 is 0 Å². The van der Waals surface area contributed by atoms with Crippen molar-refractivity contribution in [3.63, 3.8) is 0 Å². The van der Waals surface area contributed by atoms with Crippen LogP contribution in [0.4, 0.5) is 0 Å². The minimum absolute atomic E-state index is 0.516. The third-order valence-corrected chi connectivity index (χ3v) is 4.33. The molecule has 1 aliphatic carbocycles. The molecule has 1 unspecified atom stereocenters. The van der Waals surface area contributed by atoms with Gasteiger partial charge in [-0.2, -0.15) is 5.26 Å². The number of nitriles is 1. The highest BCUT2D eigenvalue weighted by Crippen LogP contribution is 2.48. The van der Waals surface area contributed by atoms with Crippen LogP contribution in [0.1, 0.15) is 37.4 Å². The molecule has 1 atom stereocenters. The van der Waals surface area contributed by atoms with Crippen LogP contribution in [0.5, 0.6) is 0 Å². The van der Waals surface area contributed by atoms with E-state index in [0.29, 0.717) is 10.6 Å². The third kappa shape index (κ3) is 2.35. The highest BCUT2D eigenvalue weighted by Gasteiger charge is 2.42. The Hall–Kier alpha value is -0.560. The first-order valence-corrected chi connectivity index (χ1v) is 6.80. The Kier molecular flexibility index (Phi) is 3.77. The van der Waals surface area contributed by atoms with Gasteiger partial charge in [0.25, 0.3) is 0 Å². The Morgan fingerprint density at radius 2 is 2.06 bits per heavy atom. The molecule has 90 valence electrons. The van der Waals surface area contributed by atoms with Gasteiger partial charge in [-0.05, 0) is 31.0 Å². The van der Waals surface area contributed by atoms with E-state index in [2.05, 4.69) is 22.0 Å². The maximum Gasteiger partial charge on any atom is 0.0991 e. The van der Waals surface area contributed by atoms with Crippen LogP contribution in [0.3, 0.4) is 0 Å². The molecule has 1 fully saturated rings. The number of hydrogen-bond acceptors (Lipinski definition) is 2. The maximum absolute atomic E-state index is 10.4. The number of hydrogen-bond donors (Lipinski definition) is 1. The summed E-state index contributed by atoms with van der Waals surface area (Å²) in [5.74, 6) is 0. The smallest absolute Gasteiger partial charge is 0.0991 e. The van der Waals surface area contributed by atoms with Gasteiger partial charge < -0.3 is 5.11 Å². The molecule has 1 aromatic rings. The van der Waals surface area contributed by atoms with Crippen LogP contribution < -0.4 is 0 Å². The molecule has 4 heteroatoms. The fourth-order valence-electron chi connectivity index (χ4n) is 2.47. The molecule has 1 aromatic carbocycles. The molecule has 0 aromatic heterocycles. The van der Waals surface area contributed by atoms with Gasteiger partial charge in [0, 0.05) is 15.1 Å². The van der Waals surface area contributed by atoms with Gasteiger partial charge in [0.1, 0.15) is 0 Å². The molecule has 17 heavy (non-hydrogen) atoms. The average Bonchev–Trinajstić information content (AvgIpc) is 2.81. The van der Waals surface area contributed by atoms with E-state index < -0.39 is 11.5 Å². The molecular weight excluding hydrogens is 302 g/mol. The van der Waals surface area contributed by atoms with Gasteiger partial charge in [0.15, 0.2) is 0 Å². The summed E-state index contributed by atoms with van der Waals surface area (Å²) in [6.45, 7) is 0. The van der Waals surface area contributed by atoms with Crippen molar-refractivity contribution >= 4 is 27.5 Å². The van der Waals surface area contributed by atoms with Gasteiger partial charge in [-0.15, -0.1) is 0 Å². The van der Waals surface area contributed by atoms with Gasteiger partial charge in [-0.25, -0.2) is 0 Å². The first-order valence-electron chi connectivity index (χ1n) is 5.63. The molecule has 2 rings (SSSR count). The Balaban J connectivity index is 2.39. The number of nitrogens with zero attached hydrogens (tertiary/aromatic N) is 1. The highest BCUT2D eigenvalue weighted by molar-refractivity contribution is 9.10. The van der Waals surface area contributed by atoms with E-state index in [-0.39, 0.29) is 0 Å². The molecule has 0 amide bonds. The van der Waals surface area contributed by atoms with Crippen molar-refractivity contribution in [1.82, 2.24) is 0 Å². The Morgan fingerprint density at radius 3 is 2.65 bits per heavy atom. The largest absolute Gasteiger partial charge is 0.387 e. The first-order chi connectivity index (χ1) is 8.09. The third-order valence-electron chi connectivity index (χ3n) is 3.49. The van der Waals surface area contributed by atoms with Crippen LogP contribution in [-0.4, -0.2) is 5.11 Å². The number of rotatable bonds is 2. The van der Waals surface area contributed by atoms with Crippen LogP contribution >= 0.6 is 27.5 Å².